The van der Waals surface area contributed by atoms with E-state index in [0.717, 1.165) is 44.7 Å². The van der Waals surface area contributed by atoms with Gasteiger partial charge in [-0.25, -0.2) is 8.42 Å². The third kappa shape index (κ3) is 6.24. The predicted octanol–water partition coefficient (Wildman–Crippen LogP) is 3.35. The summed E-state index contributed by atoms with van der Waals surface area (Å²) >= 11 is 0. The number of nitrogens with one attached hydrogen (secondary N) is 2. The largest absolute Gasteiger partial charge is 0.384 e. The van der Waals surface area contributed by atoms with Gasteiger partial charge in [0.05, 0.1) is 34.4 Å². The summed E-state index contributed by atoms with van der Waals surface area (Å²) in [4.78, 5) is 18.2. The molecule has 4 aliphatic rings. The first-order valence-corrected chi connectivity index (χ1v) is 16.0. The highest BCUT2D eigenvalue weighted by Crippen LogP contribution is 2.54. The molecule has 2 heterocycles. The second-order valence-corrected chi connectivity index (χ2v) is 13.6. The molecule has 0 bridgehead atoms. The summed E-state index contributed by atoms with van der Waals surface area (Å²) in [5.41, 5.74) is 2.39. The third-order valence-electron chi connectivity index (χ3n) is 8.84. The summed E-state index contributed by atoms with van der Waals surface area (Å²) in [6, 6.07) is 12.5. The Kier molecular flexibility index (Phi) is 7.49. The number of amides is 1. The van der Waals surface area contributed by atoms with Gasteiger partial charge in [-0.2, -0.15) is 4.72 Å². The van der Waals surface area contributed by atoms with Crippen LogP contribution >= 0.6 is 0 Å². The summed E-state index contributed by atoms with van der Waals surface area (Å²) in [5.74, 6) is 5.16. The van der Waals surface area contributed by atoms with Gasteiger partial charge >= 0.3 is 0 Å². The van der Waals surface area contributed by atoms with E-state index >= 15 is 0 Å². The number of anilines is 3. The molecule has 2 aromatic carbocycles. The second kappa shape index (κ2) is 11.0. The Bertz CT molecular complexity index is 1480. The van der Waals surface area contributed by atoms with Crippen molar-refractivity contribution in [2.75, 3.05) is 54.5 Å². The molecule has 1 spiro atoms. The number of rotatable bonds is 7. The van der Waals surface area contributed by atoms with Crippen molar-refractivity contribution >= 4 is 33.0 Å². The van der Waals surface area contributed by atoms with Crippen LogP contribution in [-0.4, -0.2) is 70.5 Å². The summed E-state index contributed by atoms with van der Waals surface area (Å²) in [7, 11) is -3.89. The fourth-order valence-electron chi connectivity index (χ4n) is 5.97. The number of benzene rings is 2. The summed E-state index contributed by atoms with van der Waals surface area (Å²) in [6.45, 7) is 5.55. The molecular weight excluding hydrogens is 540 g/mol. The molecule has 2 aliphatic carbocycles. The normalized spacial score (nSPS) is 22.5. The maximum atomic E-state index is 13.7. The minimum Gasteiger partial charge on any atom is -0.384 e. The van der Waals surface area contributed by atoms with Crippen LogP contribution in [0.2, 0.25) is 0 Å². The molecule has 1 atom stereocenters. The zero-order chi connectivity index (χ0) is 28.7. The lowest BCUT2D eigenvalue weighted by molar-refractivity contribution is 0.0532. The molecule has 218 valence electrons. The van der Waals surface area contributed by atoms with E-state index in [1.165, 1.54) is 18.9 Å². The van der Waals surface area contributed by atoms with Crippen molar-refractivity contribution in [3.05, 3.63) is 48.0 Å². The van der Waals surface area contributed by atoms with E-state index in [9.17, 15) is 13.2 Å². The van der Waals surface area contributed by atoms with Gasteiger partial charge in [-0.1, -0.05) is 17.9 Å². The van der Waals surface area contributed by atoms with Crippen LogP contribution in [-0.2, 0) is 14.8 Å². The zero-order valence-corrected chi connectivity index (χ0v) is 24.3. The van der Waals surface area contributed by atoms with E-state index in [2.05, 4.69) is 38.6 Å². The Morgan fingerprint density at radius 1 is 1.05 bits per heavy atom. The van der Waals surface area contributed by atoms with Crippen LogP contribution in [0.1, 0.15) is 55.8 Å². The van der Waals surface area contributed by atoms with Crippen molar-refractivity contribution in [1.29, 1.82) is 0 Å². The third-order valence-corrected chi connectivity index (χ3v) is 10.4. The van der Waals surface area contributed by atoms with Gasteiger partial charge in [0.15, 0.2) is 0 Å². The molecule has 0 unspecified atom stereocenters. The Labute approximate surface area is 242 Å². The number of sulfonamides is 1. The summed E-state index contributed by atoms with van der Waals surface area (Å²) < 4.78 is 35.2. The zero-order valence-electron chi connectivity index (χ0n) is 23.5. The van der Waals surface area contributed by atoms with Gasteiger partial charge in [0, 0.05) is 37.6 Å². The average Bonchev–Trinajstić information content (AvgIpc) is 3.90. The van der Waals surface area contributed by atoms with Gasteiger partial charge in [0.25, 0.3) is 5.91 Å². The fourth-order valence-corrected chi connectivity index (χ4v) is 7.37. The Hall–Kier alpha value is -3.10. The lowest BCUT2D eigenvalue weighted by Gasteiger charge is -2.35. The Morgan fingerprint density at radius 3 is 2.51 bits per heavy atom. The summed E-state index contributed by atoms with van der Waals surface area (Å²) in [5, 5.41) is 12.1. The molecule has 10 heteroatoms. The van der Waals surface area contributed by atoms with Crippen LogP contribution in [0.3, 0.4) is 0 Å². The Balaban J connectivity index is 1.26. The van der Waals surface area contributed by atoms with Gasteiger partial charge in [-0.05, 0) is 87.3 Å². The number of piperidine rings is 1. The number of hydrogen-bond donors (Lipinski definition) is 3. The van der Waals surface area contributed by atoms with Crippen LogP contribution in [0, 0.1) is 17.3 Å². The quantitative estimate of drug-likeness (QED) is 0.432. The van der Waals surface area contributed by atoms with Crippen molar-refractivity contribution in [2.24, 2.45) is 5.41 Å². The van der Waals surface area contributed by atoms with E-state index in [4.69, 9.17) is 9.84 Å². The highest BCUT2D eigenvalue weighted by atomic mass is 32.2. The van der Waals surface area contributed by atoms with Crippen LogP contribution in [0.4, 0.5) is 17.1 Å². The van der Waals surface area contributed by atoms with Crippen LogP contribution in [0.25, 0.3) is 0 Å². The van der Waals surface area contributed by atoms with E-state index in [1.54, 1.807) is 12.1 Å². The molecule has 2 saturated heterocycles. The fraction of sp³-hybridized carbons (Fsp3) is 0.516. The van der Waals surface area contributed by atoms with Crippen LogP contribution in [0.15, 0.2) is 47.4 Å². The molecular formula is C31H38N4O5S. The standard InChI is InChI=1S/C31H38N4O5S/c1-23-22-35(17-19-40-23)25-5-2-4-24(20-25)32-29(37)27-7-6-26(41(38,39)33-31(11-12-31)8-3-18-36)21-28(27)34-15-13-30(9-10-30)14-16-34/h2,4-7,20-21,23,33,36H,9-19,22H2,1H3,(H,32,37)/t23-/m1/s1. The lowest BCUT2D eigenvalue weighted by Crippen LogP contribution is -2.41. The lowest BCUT2D eigenvalue weighted by atomic mass is 9.93. The van der Waals surface area contributed by atoms with Crippen molar-refractivity contribution < 1.29 is 23.1 Å². The van der Waals surface area contributed by atoms with Gasteiger partial charge < -0.3 is 25.0 Å². The number of carbonyl (C=O) groups is 1. The second-order valence-electron chi connectivity index (χ2n) is 11.9. The van der Waals surface area contributed by atoms with Gasteiger partial charge in [0.1, 0.15) is 6.61 Å². The molecule has 2 aliphatic heterocycles. The molecule has 1 amide bonds. The predicted molar refractivity (Wildman–Crippen MR) is 159 cm³/mol. The number of hydrogen-bond acceptors (Lipinski definition) is 7. The minimum absolute atomic E-state index is 0.108. The molecule has 2 saturated carbocycles. The first-order chi connectivity index (χ1) is 19.7. The van der Waals surface area contributed by atoms with Crippen LogP contribution < -0.4 is 19.8 Å². The van der Waals surface area contributed by atoms with Crippen molar-refractivity contribution in [2.45, 2.75) is 62.0 Å². The molecule has 3 N–H and O–H groups in total. The smallest absolute Gasteiger partial charge is 0.257 e. The molecule has 0 radical (unpaired) electrons. The number of morpholine rings is 1. The SMILES string of the molecule is C[C@@H]1CN(c2cccc(NC(=O)c3ccc(S(=O)(=O)NC4(C#CCO)CC4)cc3N3CCC4(CC3)CC4)c2)CCO1. The molecule has 41 heavy (non-hydrogen) atoms. The highest BCUT2D eigenvalue weighted by Gasteiger charge is 2.46. The van der Waals surface area contributed by atoms with Crippen molar-refractivity contribution in [1.82, 2.24) is 4.72 Å². The number of nitrogens with zero attached hydrogens (tertiary/aromatic N) is 2. The van der Waals surface area contributed by atoms with E-state index in [0.29, 0.717) is 41.8 Å². The number of carbonyl (C=O) groups excluding carboxylic acids is 1. The Morgan fingerprint density at radius 2 is 1.83 bits per heavy atom. The van der Waals surface area contributed by atoms with Crippen LogP contribution in [0.5, 0.6) is 0 Å². The number of aliphatic hydroxyl groups is 1. The molecule has 9 nitrogen and oxygen atoms in total. The first kappa shape index (κ1) is 28.0. The van der Waals surface area contributed by atoms with E-state index in [-0.39, 0.29) is 23.5 Å². The highest BCUT2D eigenvalue weighted by molar-refractivity contribution is 7.89. The maximum absolute atomic E-state index is 13.7. The topological polar surface area (TPSA) is 111 Å². The molecule has 2 aromatic rings. The number of aliphatic hydroxyl groups excluding tert-OH is 1. The van der Waals surface area contributed by atoms with Crippen molar-refractivity contribution in [3.63, 3.8) is 0 Å². The van der Waals surface area contributed by atoms with E-state index in [1.807, 2.05) is 24.3 Å². The van der Waals surface area contributed by atoms with Gasteiger partial charge in [-0.3, -0.25) is 4.79 Å². The summed E-state index contributed by atoms with van der Waals surface area (Å²) in [6.07, 6.45) is 5.94. The van der Waals surface area contributed by atoms with Gasteiger partial charge in [-0.15, -0.1) is 0 Å². The van der Waals surface area contributed by atoms with E-state index < -0.39 is 15.6 Å². The van der Waals surface area contributed by atoms with Gasteiger partial charge in [0.2, 0.25) is 10.0 Å². The molecule has 0 aromatic heterocycles. The monoisotopic (exact) mass is 578 g/mol. The number of ether oxygens (including phenoxy) is 1. The minimum atomic E-state index is -3.89. The molecule has 6 rings (SSSR count). The maximum Gasteiger partial charge on any atom is 0.257 e. The van der Waals surface area contributed by atoms with Crippen molar-refractivity contribution in [3.8, 4) is 11.8 Å². The molecule has 4 fully saturated rings. The first-order valence-electron chi connectivity index (χ1n) is 14.5. The average molecular weight is 579 g/mol.